The molecule has 0 aromatic carbocycles. The first kappa shape index (κ1) is 68.7. The van der Waals surface area contributed by atoms with Gasteiger partial charge in [0.15, 0.2) is 24.6 Å². The Kier molecular flexibility index (Phi) is 46.2. The van der Waals surface area contributed by atoms with Gasteiger partial charge in [0.2, 0.25) is 0 Å². The smallest absolute Gasteiger partial charge is 0.335 e. The lowest BCUT2D eigenvalue weighted by Gasteiger charge is -2.40. The van der Waals surface area contributed by atoms with Crippen LogP contribution in [0, 0.1) is 0 Å². The predicted octanol–water partition coefficient (Wildman–Crippen LogP) is 14.9. The zero-order chi connectivity index (χ0) is 54.7. The minimum absolute atomic E-state index is 0.0371. The van der Waals surface area contributed by atoms with Gasteiger partial charge in [-0.2, -0.15) is 0 Å². The number of aliphatic hydroxyl groups is 2. The fourth-order valence-electron chi connectivity index (χ4n) is 8.17. The molecule has 75 heavy (non-hydrogen) atoms. The van der Waals surface area contributed by atoms with E-state index < -0.39 is 67.3 Å². The highest BCUT2D eigenvalue weighted by Gasteiger charge is 2.50. The van der Waals surface area contributed by atoms with Crippen LogP contribution >= 0.6 is 0 Å². The Morgan fingerprint density at radius 3 is 1.35 bits per heavy atom. The molecule has 6 atom stereocenters. The summed E-state index contributed by atoms with van der Waals surface area (Å²) in [5.41, 5.74) is 0. The van der Waals surface area contributed by atoms with Crippen molar-refractivity contribution in [3.63, 3.8) is 0 Å². The van der Waals surface area contributed by atoms with Gasteiger partial charge in [-0.05, 0) is 96.3 Å². The van der Waals surface area contributed by atoms with E-state index in [4.69, 9.17) is 23.7 Å². The van der Waals surface area contributed by atoms with Crippen LogP contribution in [0.5, 0.6) is 0 Å². The monoisotopic (exact) mass is 1050 g/mol. The predicted molar refractivity (Wildman–Crippen MR) is 303 cm³/mol. The second kappa shape index (κ2) is 50.5. The van der Waals surface area contributed by atoms with Crippen molar-refractivity contribution in [3.8, 4) is 0 Å². The van der Waals surface area contributed by atoms with Crippen molar-refractivity contribution in [2.75, 3.05) is 13.2 Å². The summed E-state index contributed by atoms with van der Waals surface area (Å²) in [5.74, 6) is -3.22. The van der Waals surface area contributed by atoms with Gasteiger partial charge >= 0.3 is 23.9 Å². The Morgan fingerprint density at radius 2 is 0.853 bits per heavy atom. The molecule has 0 aliphatic carbocycles. The lowest BCUT2D eigenvalue weighted by Crippen LogP contribution is -2.61. The van der Waals surface area contributed by atoms with Gasteiger partial charge in [0, 0.05) is 19.3 Å². The van der Waals surface area contributed by atoms with Gasteiger partial charge in [-0.15, -0.1) is 0 Å². The van der Waals surface area contributed by atoms with Gasteiger partial charge in [0.05, 0.1) is 6.61 Å². The van der Waals surface area contributed by atoms with Crippen molar-refractivity contribution in [1.82, 2.24) is 0 Å². The van der Waals surface area contributed by atoms with E-state index in [9.17, 15) is 34.5 Å². The fraction of sp³-hybridized carbons (Fsp3) is 0.683. The lowest BCUT2D eigenvalue weighted by atomic mass is 9.98. The van der Waals surface area contributed by atoms with Gasteiger partial charge in [-0.1, -0.05) is 208 Å². The lowest BCUT2D eigenvalue weighted by molar-refractivity contribution is -0.301. The maximum atomic E-state index is 13.1. The van der Waals surface area contributed by atoms with Crippen molar-refractivity contribution in [2.24, 2.45) is 0 Å². The molecule has 6 unspecified atom stereocenters. The third kappa shape index (κ3) is 40.6. The largest absolute Gasteiger partial charge is 0.479 e. The first-order valence-corrected chi connectivity index (χ1v) is 29.2. The molecule has 1 heterocycles. The molecule has 426 valence electrons. The molecule has 0 aromatic heterocycles. The Balaban J connectivity index is 2.69. The van der Waals surface area contributed by atoms with E-state index in [1.807, 2.05) is 6.08 Å². The molecule has 0 saturated carbocycles. The molecule has 3 N–H and O–H groups in total. The van der Waals surface area contributed by atoms with Crippen LogP contribution in [-0.4, -0.2) is 89.2 Å². The Bertz CT molecular complexity index is 1670. The number of carboxylic acid groups (broad SMARTS) is 1. The van der Waals surface area contributed by atoms with Crippen molar-refractivity contribution in [1.29, 1.82) is 0 Å². The first-order chi connectivity index (χ1) is 36.6. The van der Waals surface area contributed by atoms with Crippen LogP contribution in [0.1, 0.15) is 226 Å². The number of carbonyl (C=O) groups excluding carboxylic acids is 3. The molecule has 1 rings (SSSR count). The number of carbonyl (C=O) groups is 4. The van der Waals surface area contributed by atoms with Crippen molar-refractivity contribution >= 4 is 23.9 Å². The van der Waals surface area contributed by atoms with Crippen LogP contribution < -0.4 is 0 Å². The number of rotatable bonds is 48. The molecule has 0 radical (unpaired) electrons. The van der Waals surface area contributed by atoms with Crippen LogP contribution in [0.15, 0.2) is 97.2 Å². The fourth-order valence-corrected chi connectivity index (χ4v) is 8.17. The summed E-state index contributed by atoms with van der Waals surface area (Å²) in [7, 11) is 0. The van der Waals surface area contributed by atoms with Crippen molar-refractivity contribution in [3.05, 3.63) is 97.2 Å². The van der Waals surface area contributed by atoms with Crippen molar-refractivity contribution in [2.45, 2.75) is 263 Å². The van der Waals surface area contributed by atoms with E-state index in [-0.39, 0.29) is 25.9 Å². The van der Waals surface area contributed by atoms with E-state index in [1.165, 1.54) is 51.4 Å². The summed E-state index contributed by atoms with van der Waals surface area (Å²) in [6.07, 6.45) is 53.9. The van der Waals surface area contributed by atoms with Crippen LogP contribution in [-0.2, 0) is 42.9 Å². The zero-order valence-electron chi connectivity index (χ0n) is 46.8. The number of carboxylic acids is 1. The molecular formula is C63H102O12. The molecule has 1 saturated heterocycles. The van der Waals surface area contributed by atoms with E-state index in [0.717, 1.165) is 109 Å². The molecule has 1 fully saturated rings. The van der Waals surface area contributed by atoms with Crippen molar-refractivity contribution < 1.29 is 58.2 Å². The van der Waals surface area contributed by atoms with Crippen LogP contribution in [0.2, 0.25) is 0 Å². The third-order valence-electron chi connectivity index (χ3n) is 12.6. The second-order valence-corrected chi connectivity index (χ2v) is 19.5. The molecule has 0 aromatic rings. The molecular weight excluding hydrogens is 949 g/mol. The van der Waals surface area contributed by atoms with E-state index >= 15 is 0 Å². The number of unbranched alkanes of at least 4 members (excludes halogenated alkanes) is 18. The average molecular weight is 1050 g/mol. The molecule has 12 heteroatoms. The minimum Gasteiger partial charge on any atom is -0.479 e. The topological polar surface area (TPSA) is 175 Å². The third-order valence-corrected chi connectivity index (χ3v) is 12.6. The highest BCUT2D eigenvalue weighted by atomic mass is 16.7. The van der Waals surface area contributed by atoms with E-state index in [1.54, 1.807) is 0 Å². The number of hydrogen-bond acceptors (Lipinski definition) is 11. The maximum absolute atomic E-state index is 13.1. The van der Waals surface area contributed by atoms with Gasteiger partial charge in [0.1, 0.15) is 18.8 Å². The summed E-state index contributed by atoms with van der Waals surface area (Å²) in [5, 5.41) is 31.4. The summed E-state index contributed by atoms with van der Waals surface area (Å²) >= 11 is 0. The number of aliphatic hydroxyl groups excluding tert-OH is 2. The maximum Gasteiger partial charge on any atom is 0.335 e. The highest BCUT2D eigenvalue weighted by Crippen LogP contribution is 2.26. The Labute approximate surface area is 453 Å². The van der Waals surface area contributed by atoms with Gasteiger partial charge < -0.3 is 39.0 Å². The molecule has 0 bridgehead atoms. The van der Waals surface area contributed by atoms with Crippen LogP contribution in [0.3, 0.4) is 0 Å². The number of ether oxygens (including phenoxy) is 5. The molecule has 1 aliphatic rings. The standard InChI is InChI=1S/C63H102O12/c1-4-7-10-13-16-19-21-23-25-27-28-30-32-34-36-39-42-45-48-51-57(66)74-61-59(68)58(67)60(62(69)70)75-63(61)72-53-54(73-56(65)50-47-44-41-37-18-15-12-9-6-3)52-71-55(64)49-46-43-40-38-35-33-31-29-26-24-22-20-17-14-11-8-5-2/h8,11,16-17,19-20,23-26,28,30-31,33,38,40,54,58-61,63,67-68H,4-7,9-10,12-15,18,21-22,27,29,32,34-37,39,41-53H2,1-3H3,(H,69,70)/b11-8-,19-16-,20-17-,25-23-,26-24-,30-28-,33-31-,40-38-. The van der Waals surface area contributed by atoms with Gasteiger partial charge in [-0.3, -0.25) is 14.4 Å². The zero-order valence-corrected chi connectivity index (χ0v) is 46.8. The Morgan fingerprint density at radius 1 is 0.453 bits per heavy atom. The molecule has 1 aliphatic heterocycles. The van der Waals surface area contributed by atoms with E-state index in [0.29, 0.717) is 25.7 Å². The van der Waals surface area contributed by atoms with E-state index in [2.05, 4.69) is 112 Å². The highest BCUT2D eigenvalue weighted by molar-refractivity contribution is 5.74. The first-order valence-electron chi connectivity index (χ1n) is 29.2. The minimum atomic E-state index is -1.92. The summed E-state index contributed by atoms with van der Waals surface area (Å²) in [6, 6.07) is 0. The SMILES string of the molecule is CC/C=C\C/C=C\C/C=C\C/C=C\C/C=C\CCCC(=O)OCC(COC1OC(C(=O)O)C(O)C(O)C1OC(=O)CCCCCCCC/C=C\C/C=C\C/C=C\CCCCC)OC(=O)CCCCCCCCCCC. The second-order valence-electron chi connectivity index (χ2n) is 19.5. The van der Waals surface area contributed by atoms with Crippen LogP contribution in [0.4, 0.5) is 0 Å². The van der Waals surface area contributed by atoms with Gasteiger partial charge in [0.25, 0.3) is 0 Å². The quantitative estimate of drug-likeness (QED) is 0.0228. The number of esters is 3. The summed E-state index contributed by atoms with van der Waals surface area (Å²) in [4.78, 5) is 51.0. The number of aliphatic carboxylic acids is 1. The molecule has 0 amide bonds. The van der Waals surface area contributed by atoms with Crippen LogP contribution in [0.25, 0.3) is 0 Å². The summed E-state index contributed by atoms with van der Waals surface area (Å²) in [6.45, 7) is 5.76. The average Bonchev–Trinajstić information content (AvgIpc) is 3.39. The molecule has 0 spiro atoms. The number of hydrogen-bond donors (Lipinski definition) is 3. The normalized spacial score (nSPS) is 18.9. The summed E-state index contributed by atoms with van der Waals surface area (Å²) < 4.78 is 28.3. The number of allylic oxidation sites excluding steroid dienone is 16. The Hall–Kier alpha value is -4.36. The van der Waals surface area contributed by atoms with Gasteiger partial charge in [-0.25, -0.2) is 4.79 Å². The molecule has 12 nitrogen and oxygen atoms in total.